The second-order valence-corrected chi connectivity index (χ2v) is 6.24. The van der Waals surface area contributed by atoms with E-state index in [-0.39, 0.29) is 11.8 Å². The largest absolute Gasteiger partial charge is 0.299 e. The van der Waals surface area contributed by atoms with Crippen LogP contribution in [0.3, 0.4) is 0 Å². The molecule has 2 rings (SSSR count). The zero-order valence-corrected chi connectivity index (χ0v) is 13.0. The third-order valence-corrected chi connectivity index (χ3v) is 4.73. The van der Waals surface area contributed by atoms with Crippen LogP contribution in [0.1, 0.15) is 51.9 Å². The Balaban J connectivity index is 2.12. The average Bonchev–Trinajstić information content (AvgIpc) is 2.60. The van der Waals surface area contributed by atoms with Gasteiger partial charge in [0, 0.05) is 0 Å². The Labute approximate surface area is 125 Å². The van der Waals surface area contributed by atoms with Crippen molar-refractivity contribution in [3.05, 3.63) is 11.0 Å². The molecule has 1 saturated heterocycles. The van der Waals surface area contributed by atoms with Crippen molar-refractivity contribution in [3.63, 3.8) is 0 Å². The number of nitrogens with one attached hydrogen (secondary N) is 1. The van der Waals surface area contributed by atoms with Crippen LogP contribution in [0, 0.1) is 0 Å². The van der Waals surface area contributed by atoms with Gasteiger partial charge in [0.25, 0.3) is 5.91 Å². The highest BCUT2D eigenvalue weighted by Crippen LogP contribution is 2.26. The fourth-order valence-corrected chi connectivity index (χ4v) is 3.58. The van der Waals surface area contributed by atoms with Crippen LogP contribution in [-0.4, -0.2) is 35.7 Å². The molecule has 1 fully saturated rings. The van der Waals surface area contributed by atoms with E-state index in [1.54, 1.807) is 0 Å². The molecule has 1 N–H and O–H groups in total. The smallest absolute Gasteiger partial charge is 0.290 e. The first-order valence-corrected chi connectivity index (χ1v) is 8.55. The molecule has 2 aliphatic rings. The lowest BCUT2D eigenvalue weighted by Crippen LogP contribution is -2.48. The van der Waals surface area contributed by atoms with Crippen LogP contribution in [-0.2, 0) is 9.59 Å². The third kappa shape index (κ3) is 3.85. The molecule has 1 unspecified atom stereocenters. The molecule has 4 nitrogen and oxygen atoms in total. The lowest BCUT2D eigenvalue weighted by atomic mass is 9.94. The van der Waals surface area contributed by atoms with Crippen LogP contribution in [0.2, 0.25) is 0 Å². The molecule has 5 heteroatoms. The fraction of sp³-hybridized carbons (Fsp3) is 0.733. The maximum absolute atomic E-state index is 12.4. The molecule has 2 aliphatic heterocycles. The van der Waals surface area contributed by atoms with E-state index < -0.39 is 5.91 Å². The summed E-state index contributed by atoms with van der Waals surface area (Å²) in [5, 5.41) is 1.98. The van der Waals surface area contributed by atoms with E-state index in [1.165, 1.54) is 31.2 Å². The minimum absolute atomic E-state index is 0.278. The molecule has 20 heavy (non-hydrogen) atoms. The lowest BCUT2D eigenvalue weighted by Gasteiger charge is -2.34. The number of carbonyl (C=O) groups excluding carboxylic acids is 2. The molecule has 0 radical (unpaired) electrons. The molecule has 0 aromatic heterocycles. The van der Waals surface area contributed by atoms with Gasteiger partial charge in [0.1, 0.15) is 6.04 Å². The first-order valence-electron chi connectivity index (χ1n) is 7.67. The van der Waals surface area contributed by atoms with Gasteiger partial charge in [0.05, 0.1) is 0 Å². The van der Waals surface area contributed by atoms with Crippen LogP contribution < -0.4 is 4.72 Å². The molecule has 0 aliphatic carbocycles. The quantitative estimate of drug-likeness (QED) is 0.481. The van der Waals surface area contributed by atoms with E-state index in [4.69, 9.17) is 0 Å². The first kappa shape index (κ1) is 15.6. The number of Topliss-reactive ketones (excluding diaryl/α,β-unsaturated/α-hetero) is 1. The van der Waals surface area contributed by atoms with E-state index in [9.17, 15) is 9.59 Å². The van der Waals surface area contributed by atoms with Crippen LogP contribution in [0.4, 0.5) is 0 Å². The van der Waals surface area contributed by atoms with Crippen LogP contribution in [0.15, 0.2) is 11.0 Å². The zero-order chi connectivity index (χ0) is 14.4. The minimum Gasteiger partial charge on any atom is -0.290 e. The Hall–Kier alpha value is -0.810. The molecule has 1 atom stereocenters. The minimum atomic E-state index is -0.452. The number of unbranched alkanes of at least 4 members (excludes halogenated alkanes) is 2. The summed E-state index contributed by atoms with van der Waals surface area (Å²) in [6.07, 6.45) is 7.83. The number of piperidine rings is 1. The number of hydrogen-bond donors (Lipinski definition) is 1. The van der Waals surface area contributed by atoms with Gasteiger partial charge in [-0.3, -0.25) is 19.2 Å². The SMILES string of the molecule is CCCCCC1=CSNC(=O)C(=O)C1N1CCCCC1. The van der Waals surface area contributed by atoms with Crippen molar-refractivity contribution in [1.29, 1.82) is 0 Å². The molecule has 0 aromatic carbocycles. The highest BCUT2D eigenvalue weighted by Gasteiger charge is 2.35. The highest BCUT2D eigenvalue weighted by atomic mass is 32.2. The monoisotopic (exact) mass is 296 g/mol. The molecule has 0 bridgehead atoms. The molecule has 0 saturated carbocycles. The molecular formula is C15H24N2O2S. The average molecular weight is 296 g/mol. The maximum atomic E-state index is 12.4. The first-order chi connectivity index (χ1) is 9.74. The number of nitrogens with zero attached hydrogens (tertiary/aromatic N) is 1. The molecule has 0 aromatic rings. The van der Waals surface area contributed by atoms with Gasteiger partial charge in [0.2, 0.25) is 5.78 Å². The highest BCUT2D eigenvalue weighted by molar-refractivity contribution is 8.00. The van der Waals surface area contributed by atoms with Gasteiger partial charge in [-0.15, -0.1) is 0 Å². The number of amides is 1. The molecule has 0 spiro atoms. The Morgan fingerprint density at radius 1 is 1.25 bits per heavy atom. The summed E-state index contributed by atoms with van der Waals surface area (Å²) < 4.78 is 2.61. The van der Waals surface area contributed by atoms with Crippen LogP contribution in [0.5, 0.6) is 0 Å². The second kappa shape index (κ2) is 7.84. The van der Waals surface area contributed by atoms with Gasteiger partial charge in [-0.2, -0.15) is 0 Å². The summed E-state index contributed by atoms with van der Waals surface area (Å²) in [6, 6.07) is -0.317. The van der Waals surface area contributed by atoms with Crippen molar-refractivity contribution in [2.75, 3.05) is 13.1 Å². The van der Waals surface area contributed by atoms with Gasteiger partial charge in [-0.25, -0.2) is 0 Å². The van der Waals surface area contributed by atoms with Crippen LogP contribution >= 0.6 is 11.9 Å². The summed E-state index contributed by atoms with van der Waals surface area (Å²) in [4.78, 5) is 26.4. The predicted molar refractivity (Wildman–Crippen MR) is 82.2 cm³/mol. The standard InChI is InChI=1S/C15H24N2O2S/c1-2-3-5-8-12-11-20-16-15(19)14(18)13(12)17-9-6-4-7-10-17/h11,13H,2-10H2,1H3,(H,16,19). The van der Waals surface area contributed by atoms with Crippen molar-refractivity contribution in [3.8, 4) is 0 Å². The van der Waals surface area contributed by atoms with Crippen molar-refractivity contribution in [1.82, 2.24) is 9.62 Å². The van der Waals surface area contributed by atoms with E-state index in [1.807, 2.05) is 5.41 Å². The van der Waals surface area contributed by atoms with E-state index in [0.29, 0.717) is 0 Å². The normalized spacial score (nSPS) is 25.1. The zero-order valence-electron chi connectivity index (χ0n) is 12.2. The van der Waals surface area contributed by atoms with Crippen molar-refractivity contribution >= 4 is 23.6 Å². The Bertz CT molecular complexity index is 389. The van der Waals surface area contributed by atoms with E-state index >= 15 is 0 Å². The van der Waals surface area contributed by atoms with E-state index in [0.717, 1.165) is 44.3 Å². The summed E-state index contributed by atoms with van der Waals surface area (Å²) >= 11 is 1.25. The Kier molecular flexibility index (Phi) is 6.10. The van der Waals surface area contributed by atoms with E-state index in [2.05, 4.69) is 16.5 Å². The molecular weight excluding hydrogens is 272 g/mol. The summed E-state index contributed by atoms with van der Waals surface area (Å²) in [5.41, 5.74) is 1.12. The summed E-state index contributed by atoms with van der Waals surface area (Å²) in [7, 11) is 0. The number of rotatable bonds is 5. The third-order valence-electron chi connectivity index (χ3n) is 4.01. The van der Waals surface area contributed by atoms with Gasteiger partial charge >= 0.3 is 0 Å². The molecule has 1 amide bonds. The van der Waals surface area contributed by atoms with Crippen LogP contribution in [0.25, 0.3) is 0 Å². The number of hydrogen-bond acceptors (Lipinski definition) is 4. The van der Waals surface area contributed by atoms with Gasteiger partial charge in [0.15, 0.2) is 0 Å². The Morgan fingerprint density at radius 3 is 2.70 bits per heavy atom. The summed E-state index contributed by atoms with van der Waals surface area (Å²) in [5.74, 6) is -0.730. The lowest BCUT2D eigenvalue weighted by molar-refractivity contribution is -0.139. The van der Waals surface area contributed by atoms with Crippen molar-refractivity contribution < 1.29 is 9.59 Å². The molecule has 2 heterocycles. The fourth-order valence-electron chi connectivity index (χ4n) is 2.92. The molecule has 112 valence electrons. The van der Waals surface area contributed by atoms with Crippen molar-refractivity contribution in [2.45, 2.75) is 57.9 Å². The summed E-state index contributed by atoms with van der Waals surface area (Å²) in [6.45, 7) is 4.04. The van der Waals surface area contributed by atoms with Gasteiger partial charge in [-0.05, 0) is 61.7 Å². The number of ketones is 1. The topological polar surface area (TPSA) is 49.4 Å². The number of likely N-dealkylation sites (tertiary alicyclic amines) is 1. The number of carbonyl (C=O) groups is 2. The maximum Gasteiger partial charge on any atom is 0.299 e. The predicted octanol–water partition coefficient (Wildman–Crippen LogP) is 2.65. The Morgan fingerprint density at radius 2 is 2.00 bits per heavy atom. The van der Waals surface area contributed by atoms with Gasteiger partial charge < -0.3 is 0 Å². The second-order valence-electron chi connectivity index (χ2n) is 5.56. The van der Waals surface area contributed by atoms with Crippen molar-refractivity contribution in [2.24, 2.45) is 0 Å². The van der Waals surface area contributed by atoms with Gasteiger partial charge in [-0.1, -0.05) is 26.2 Å².